The number of rotatable bonds is 2. The molecule has 1 saturated carbocycles. The van der Waals surface area contributed by atoms with Gasteiger partial charge in [0.2, 0.25) is 0 Å². The number of nitrogens with one attached hydrogen (secondary N) is 2. The van der Waals surface area contributed by atoms with Gasteiger partial charge < -0.3 is 20.1 Å². The van der Waals surface area contributed by atoms with E-state index in [4.69, 9.17) is 16.3 Å². The molecular formula is C38H52ClN3O4S. The molecule has 1 amide bonds. The van der Waals surface area contributed by atoms with Gasteiger partial charge in [-0.15, -0.1) is 0 Å². The minimum absolute atomic E-state index is 0.0261. The zero-order chi connectivity index (χ0) is 33.8. The molecule has 2 aromatic rings. The smallest absolute Gasteiger partial charge is 0.262 e. The van der Waals surface area contributed by atoms with Crippen molar-refractivity contribution in [2.45, 2.75) is 94.9 Å². The number of ether oxygens (including phenoxy) is 1. The second-order valence-corrected chi connectivity index (χ2v) is 18.6. The van der Waals surface area contributed by atoms with E-state index in [9.17, 15) is 14.1 Å². The lowest BCUT2D eigenvalue weighted by Crippen LogP contribution is -2.57. The largest absolute Gasteiger partial charge is 0.490 e. The van der Waals surface area contributed by atoms with Gasteiger partial charge in [0.15, 0.2) is 0 Å². The van der Waals surface area contributed by atoms with Crippen molar-refractivity contribution in [3.63, 3.8) is 0 Å². The number of fused-ring (bicyclic) bond motifs is 4. The number of hydrogen-bond acceptors (Lipinski definition) is 6. The predicted octanol–water partition coefficient (Wildman–Crippen LogP) is 6.30. The van der Waals surface area contributed by atoms with E-state index >= 15 is 0 Å². The second kappa shape index (κ2) is 12.7. The summed E-state index contributed by atoms with van der Waals surface area (Å²) >= 11 is 6.46. The molecule has 0 saturated heterocycles. The molecule has 0 aromatic heterocycles. The van der Waals surface area contributed by atoms with E-state index in [0.717, 1.165) is 61.7 Å². The Morgan fingerprint density at radius 3 is 2.70 bits per heavy atom. The van der Waals surface area contributed by atoms with Crippen LogP contribution in [0.5, 0.6) is 5.75 Å². The molecule has 2 aliphatic heterocycles. The van der Waals surface area contributed by atoms with E-state index in [1.165, 1.54) is 11.1 Å². The molecule has 2 aromatic carbocycles. The number of carbonyl (C=O) groups excluding carboxylic acids is 1. The van der Waals surface area contributed by atoms with Crippen LogP contribution in [0, 0.1) is 17.8 Å². The molecule has 3 N–H and O–H groups in total. The van der Waals surface area contributed by atoms with Crippen molar-refractivity contribution in [2.75, 3.05) is 31.1 Å². The number of benzene rings is 2. The Kier molecular flexibility index (Phi) is 9.31. The maximum absolute atomic E-state index is 13.8. The van der Waals surface area contributed by atoms with Crippen molar-refractivity contribution in [1.82, 2.24) is 10.0 Å². The molecule has 1 fully saturated rings. The number of nitrogens with zero attached hydrogens (tertiary/aromatic N) is 1. The van der Waals surface area contributed by atoms with Crippen LogP contribution in [-0.4, -0.2) is 63.7 Å². The summed E-state index contributed by atoms with van der Waals surface area (Å²) in [6.07, 6.45) is 9.61. The van der Waals surface area contributed by atoms with Gasteiger partial charge in [-0.1, -0.05) is 36.7 Å². The van der Waals surface area contributed by atoms with Crippen LogP contribution in [0.4, 0.5) is 5.69 Å². The summed E-state index contributed by atoms with van der Waals surface area (Å²) in [5.74, 6) is 4.61. The summed E-state index contributed by atoms with van der Waals surface area (Å²) in [4.78, 5) is 16.1. The Hall–Kier alpha value is -2.52. The number of aliphatic hydroxyl groups is 1. The van der Waals surface area contributed by atoms with Crippen LogP contribution in [0.25, 0.3) is 0 Å². The quantitative estimate of drug-likeness (QED) is 0.255. The summed E-state index contributed by atoms with van der Waals surface area (Å²) in [5.41, 5.74) is 2.39. The highest BCUT2D eigenvalue weighted by Crippen LogP contribution is 2.48. The summed E-state index contributed by atoms with van der Waals surface area (Å²) < 4.78 is 23.3. The van der Waals surface area contributed by atoms with Crippen molar-refractivity contribution >= 4 is 38.8 Å². The molecular weight excluding hydrogens is 630 g/mol. The van der Waals surface area contributed by atoms with Gasteiger partial charge in [0.25, 0.3) is 5.91 Å². The Labute approximate surface area is 286 Å². The van der Waals surface area contributed by atoms with Gasteiger partial charge in [-0.25, -0.2) is 4.21 Å². The molecule has 6 rings (SSSR count). The van der Waals surface area contributed by atoms with Crippen LogP contribution in [-0.2, 0) is 21.5 Å². The number of anilines is 1. The molecule has 7 nitrogen and oxygen atoms in total. The first-order chi connectivity index (χ1) is 22.1. The SMILES string of the molecule is C=S1(=O)NC(=O)c2ccc3c(c2)N(C[C@@H]2CC[C@H]2[C@](O)(CNC(C)(C)C)/C=C/C[C@H](C)[C@H]1C)C[C@@]1(CCCc2cc(Cl)ccc21)CO3. The van der Waals surface area contributed by atoms with Crippen LogP contribution in [0.1, 0.15) is 88.2 Å². The van der Waals surface area contributed by atoms with Crippen LogP contribution in [0.2, 0.25) is 5.02 Å². The Morgan fingerprint density at radius 1 is 1.19 bits per heavy atom. The summed E-state index contributed by atoms with van der Waals surface area (Å²) in [7, 11) is -2.97. The predicted molar refractivity (Wildman–Crippen MR) is 194 cm³/mol. The maximum Gasteiger partial charge on any atom is 0.262 e. The summed E-state index contributed by atoms with van der Waals surface area (Å²) in [6, 6.07) is 11.8. The molecule has 256 valence electrons. The highest BCUT2D eigenvalue weighted by atomic mass is 35.5. The number of allylic oxidation sites excluding steroid dienone is 1. The first kappa shape index (κ1) is 34.3. The van der Waals surface area contributed by atoms with E-state index in [0.29, 0.717) is 25.1 Å². The van der Waals surface area contributed by atoms with Crippen molar-refractivity contribution in [2.24, 2.45) is 17.8 Å². The average molecular weight is 682 g/mol. The van der Waals surface area contributed by atoms with E-state index in [1.54, 1.807) is 6.07 Å². The zero-order valence-corrected chi connectivity index (χ0v) is 30.2. The molecule has 2 bridgehead atoms. The number of amides is 1. The van der Waals surface area contributed by atoms with E-state index in [2.05, 4.69) is 53.7 Å². The van der Waals surface area contributed by atoms with Crippen LogP contribution in [0.15, 0.2) is 48.6 Å². The van der Waals surface area contributed by atoms with Gasteiger partial charge in [-0.2, -0.15) is 0 Å². The lowest BCUT2D eigenvalue weighted by Gasteiger charge is -2.49. The standard InChI is InChI=1S/C38H52ClN3O4S/c1-25-9-7-18-38(44,22-40-36(3,4)5)32-14-11-29(32)21-42-23-37(17-8-10-27-19-30(39)13-15-31(27)37)24-46-34-16-12-28(20-33(34)42)35(43)41-47(6,45)26(25)2/h7,12-13,15-16,18-20,25-26,29,32,40,44H,6,8-11,14,17,21-24H2,1-5H3,(H,41,43,45)/b18-7+/t25-,26+,29-,32+,37-,38+,47?/m0/s1. The Morgan fingerprint density at radius 2 is 1.98 bits per heavy atom. The fourth-order valence-corrected chi connectivity index (χ4v) is 9.74. The monoisotopic (exact) mass is 681 g/mol. The zero-order valence-electron chi connectivity index (χ0n) is 28.6. The van der Waals surface area contributed by atoms with Gasteiger partial charge in [0.1, 0.15) is 5.75 Å². The molecule has 1 unspecified atom stereocenters. The van der Waals surface area contributed by atoms with Crippen molar-refractivity contribution in [3.05, 3.63) is 70.3 Å². The first-order valence-corrected chi connectivity index (χ1v) is 19.4. The highest BCUT2D eigenvalue weighted by molar-refractivity contribution is 7.99. The van der Waals surface area contributed by atoms with E-state index in [1.807, 2.05) is 44.2 Å². The van der Waals surface area contributed by atoms with Gasteiger partial charge >= 0.3 is 0 Å². The van der Waals surface area contributed by atoms with Crippen LogP contribution < -0.4 is 19.7 Å². The highest BCUT2D eigenvalue weighted by Gasteiger charge is 2.48. The van der Waals surface area contributed by atoms with Gasteiger partial charge in [0.05, 0.1) is 27.6 Å². The third kappa shape index (κ3) is 6.99. The summed E-state index contributed by atoms with van der Waals surface area (Å²) in [5, 5.41) is 16.4. The van der Waals surface area contributed by atoms with Gasteiger partial charge in [-0.05, 0) is 131 Å². The number of carbonyl (C=O) groups is 1. The normalized spacial score (nSPS) is 35.0. The lowest BCUT2D eigenvalue weighted by molar-refractivity contribution is -0.0467. The number of β-amino-alcohol motifs (C(OH)–C–C–N with tert-alkyl or cyclic N) is 1. The topological polar surface area (TPSA) is 90.9 Å². The van der Waals surface area contributed by atoms with Crippen LogP contribution in [0.3, 0.4) is 0 Å². The number of halogens is 1. The van der Waals surface area contributed by atoms with E-state index < -0.39 is 21.2 Å². The third-order valence-electron chi connectivity index (χ3n) is 11.3. The van der Waals surface area contributed by atoms with Crippen molar-refractivity contribution < 1.29 is 18.8 Å². The second-order valence-electron chi connectivity index (χ2n) is 15.8. The number of aryl methyl sites for hydroxylation is 1. The Balaban J connectivity index is 1.44. The first-order valence-electron chi connectivity index (χ1n) is 17.2. The van der Waals surface area contributed by atoms with Gasteiger partial charge in [-0.3, -0.25) is 9.52 Å². The molecule has 4 aliphatic rings. The van der Waals surface area contributed by atoms with Crippen LogP contribution >= 0.6 is 11.6 Å². The third-order valence-corrected chi connectivity index (χ3v) is 13.7. The maximum atomic E-state index is 13.8. The molecule has 1 spiro atoms. The molecule has 47 heavy (non-hydrogen) atoms. The van der Waals surface area contributed by atoms with Gasteiger partial charge in [0, 0.05) is 46.4 Å². The molecule has 0 radical (unpaired) electrons. The lowest BCUT2D eigenvalue weighted by atomic mass is 9.63. The minimum atomic E-state index is -2.97. The van der Waals surface area contributed by atoms with Crippen molar-refractivity contribution in [1.29, 1.82) is 0 Å². The molecule has 2 aliphatic carbocycles. The van der Waals surface area contributed by atoms with Crippen molar-refractivity contribution in [3.8, 4) is 5.75 Å². The molecule has 9 heteroatoms. The van der Waals surface area contributed by atoms with E-state index in [-0.39, 0.29) is 34.0 Å². The average Bonchev–Trinajstić information content (AvgIpc) is 3.13. The minimum Gasteiger partial charge on any atom is -0.490 e. The summed E-state index contributed by atoms with van der Waals surface area (Å²) in [6.45, 7) is 12.7. The fraction of sp³-hybridized carbons (Fsp3) is 0.579. The Bertz CT molecular complexity index is 1650. The fourth-order valence-electron chi connectivity index (χ4n) is 8.07. The molecule has 2 heterocycles. The number of hydrogen-bond donors (Lipinski definition) is 3. The molecule has 7 atom stereocenters.